The van der Waals surface area contributed by atoms with Crippen molar-refractivity contribution in [3.05, 3.63) is 59.6 Å². The lowest BCUT2D eigenvalue weighted by atomic mass is 10.2. The topological polar surface area (TPSA) is 73.2 Å². The Kier molecular flexibility index (Phi) is 6.38. The van der Waals surface area contributed by atoms with Gasteiger partial charge in [0.15, 0.2) is 6.61 Å². The summed E-state index contributed by atoms with van der Waals surface area (Å²) in [6.45, 7) is 2.32. The molecule has 140 valence electrons. The molecule has 1 amide bonds. The summed E-state index contributed by atoms with van der Waals surface area (Å²) in [6.07, 6.45) is 3.52. The van der Waals surface area contributed by atoms with Gasteiger partial charge in [0.05, 0.1) is 10.6 Å². The molecule has 2 aromatic heterocycles. The Morgan fingerprint density at radius 1 is 1.19 bits per heavy atom. The van der Waals surface area contributed by atoms with Gasteiger partial charge in [-0.3, -0.25) is 4.79 Å². The van der Waals surface area contributed by atoms with Crippen molar-refractivity contribution in [3.63, 3.8) is 0 Å². The van der Waals surface area contributed by atoms with Crippen molar-refractivity contribution < 1.29 is 14.3 Å². The summed E-state index contributed by atoms with van der Waals surface area (Å²) < 4.78 is 6.85. The number of para-hydroxylation sites is 1. The van der Waals surface area contributed by atoms with Gasteiger partial charge in [-0.2, -0.15) is 5.10 Å². The van der Waals surface area contributed by atoms with Gasteiger partial charge in [0.2, 0.25) is 0 Å². The summed E-state index contributed by atoms with van der Waals surface area (Å²) in [5, 5.41) is 9.21. The molecule has 27 heavy (non-hydrogen) atoms. The molecule has 7 heteroatoms. The second kappa shape index (κ2) is 9.14. The van der Waals surface area contributed by atoms with E-state index in [4.69, 9.17) is 4.74 Å². The van der Waals surface area contributed by atoms with Crippen LogP contribution in [-0.4, -0.2) is 34.8 Å². The maximum Gasteiger partial charge on any atom is 0.342 e. The van der Waals surface area contributed by atoms with Gasteiger partial charge in [-0.05, 0) is 30.0 Å². The Morgan fingerprint density at radius 2 is 2.00 bits per heavy atom. The van der Waals surface area contributed by atoms with E-state index in [0.717, 1.165) is 23.4 Å². The van der Waals surface area contributed by atoms with Crippen molar-refractivity contribution in [1.82, 2.24) is 15.1 Å². The molecule has 0 bridgehead atoms. The molecule has 2 heterocycles. The van der Waals surface area contributed by atoms with Crippen LogP contribution in [-0.2, 0) is 9.53 Å². The predicted octanol–water partition coefficient (Wildman–Crippen LogP) is 3.67. The van der Waals surface area contributed by atoms with Crippen molar-refractivity contribution in [2.45, 2.75) is 19.8 Å². The first kappa shape index (κ1) is 18.8. The number of aromatic nitrogens is 2. The number of ether oxygens (including phenoxy) is 1. The third-order valence-corrected chi connectivity index (χ3v) is 4.77. The van der Waals surface area contributed by atoms with E-state index in [1.165, 1.54) is 11.3 Å². The lowest BCUT2D eigenvalue weighted by Gasteiger charge is -2.05. The number of thiophene rings is 1. The Balaban J connectivity index is 1.78. The zero-order valence-electron chi connectivity index (χ0n) is 15.1. The smallest absolute Gasteiger partial charge is 0.342 e. The molecule has 3 aromatic rings. The summed E-state index contributed by atoms with van der Waals surface area (Å²) >= 11 is 1.49. The van der Waals surface area contributed by atoms with Gasteiger partial charge >= 0.3 is 5.97 Å². The van der Waals surface area contributed by atoms with E-state index in [1.54, 1.807) is 10.9 Å². The third kappa shape index (κ3) is 4.83. The minimum Gasteiger partial charge on any atom is -0.452 e. The summed E-state index contributed by atoms with van der Waals surface area (Å²) in [5.74, 6) is -0.865. The van der Waals surface area contributed by atoms with Gasteiger partial charge in [-0.15, -0.1) is 11.3 Å². The molecule has 0 aliphatic rings. The fourth-order valence-electron chi connectivity index (χ4n) is 2.50. The average Bonchev–Trinajstić information content (AvgIpc) is 3.36. The molecule has 0 saturated carbocycles. The molecule has 1 aromatic carbocycles. The zero-order valence-corrected chi connectivity index (χ0v) is 15.9. The molecular formula is C20H21N3O3S. The summed E-state index contributed by atoms with van der Waals surface area (Å²) in [7, 11) is 0. The molecule has 0 atom stereocenters. The molecule has 0 spiro atoms. The normalized spacial score (nSPS) is 10.6. The van der Waals surface area contributed by atoms with E-state index in [0.29, 0.717) is 17.8 Å². The SMILES string of the molecule is CCCCNC(=O)COC(=O)c1cn(-c2ccccc2)nc1-c1cccs1. The number of carbonyl (C=O) groups excluding carboxylic acids is 2. The first-order chi connectivity index (χ1) is 13.2. The number of esters is 1. The molecule has 0 saturated heterocycles. The Bertz CT molecular complexity index is 889. The minimum atomic E-state index is -0.564. The van der Waals surface area contributed by atoms with Gasteiger partial charge in [-0.1, -0.05) is 37.6 Å². The molecule has 1 N–H and O–H groups in total. The lowest BCUT2D eigenvalue weighted by Crippen LogP contribution is -2.29. The highest BCUT2D eigenvalue weighted by atomic mass is 32.1. The summed E-state index contributed by atoms with van der Waals surface area (Å²) in [5.41, 5.74) is 1.72. The first-order valence-corrected chi connectivity index (χ1v) is 9.69. The van der Waals surface area contributed by atoms with Gasteiger partial charge in [0.25, 0.3) is 5.91 Å². The van der Waals surface area contributed by atoms with Crippen LogP contribution in [0.15, 0.2) is 54.0 Å². The van der Waals surface area contributed by atoms with Crippen LogP contribution in [0.4, 0.5) is 0 Å². The molecule has 3 rings (SSSR count). The highest BCUT2D eigenvalue weighted by Gasteiger charge is 2.21. The van der Waals surface area contributed by atoms with Crippen LogP contribution < -0.4 is 5.32 Å². The fourth-order valence-corrected chi connectivity index (χ4v) is 3.22. The number of amides is 1. The van der Waals surface area contributed by atoms with Gasteiger partial charge in [0.1, 0.15) is 11.3 Å². The molecular weight excluding hydrogens is 362 g/mol. The number of benzene rings is 1. The van der Waals surface area contributed by atoms with Crippen LogP contribution in [0, 0.1) is 0 Å². The fraction of sp³-hybridized carbons (Fsp3) is 0.250. The van der Waals surface area contributed by atoms with E-state index >= 15 is 0 Å². The zero-order chi connectivity index (χ0) is 19.1. The van der Waals surface area contributed by atoms with Crippen molar-refractivity contribution in [2.75, 3.05) is 13.2 Å². The van der Waals surface area contributed by atoms with E-state index in [2.05, 4.69) is 10.4 Å². The van der Waals surface area contributed by atoms with Crippen molar-refractivity contribution in [2.24, 2.45) is 0 Å². The van der Waals surface area contributed by atoms with Gasteiger partial charge < -0.3 is 10.1 Å². The maximum atomic E-state index is 12.6. The largest absolute Gasteiger partial charge is 0.452 e. The Labute approximate surface area is 161 Å². The van der Waals surface area contributed by atoms with Crippen LogP contribution >= 0.6 is 11.3 Å². The second-order valence-electron chi connectivity index (χ2n) is 5.93. The van der Waals surface area contributed by atoms with Crippen LogP contribution in [0.3, 0.4) is 0 Å². The molecule has 0 radical (unpaired) electrons. The lowest BCUT2D eigenvalue weighted by molar-refractivity contribution is -0.124. The number of rotatable bonds is 8. The van der Waals surface area contributed by atoms with Crippen LogP contribution in [0.5, 0.6) is 0 Å². The maximum absolute atomic E-state index is 12.6. The van der Waals surface area contributed by atoms with Crippen molar-refractivity contribution in [3.8, 4) is 16.3 Å². The molecule has 6 nitrogen and oxygen atoms in total. The van der Waals surface area contributed by atoms with E-state index < -0.39 is 5.97 Å². The predicted molar refractivity (Wildman–Crippen MR) is 105 cm³/mol. The number of unbranched alkanes of at least 4 members (excludes halogenated alkanes) is 1. The van der Waals surface area contributed by atoms with E-state index in [-0.39, 0.29) is 12.5 Å². The van der Waals surface area contributed by atoms with E-state index in [1.807, 2.05) is 54.8 Å². The summed E-state index contributed by atoms with van der Waals surface area (Å²) in [6, 6.07) is 13.3. The standard InChI is InChI=1S/C20H21N3O3S/c1-2-3-11-21-18(24)14-26-20(25)16-13-23(15-8-5-4-6-9-15)22-19(16)17-10-7-12-27-17/h4-10,12-13H,2-3,11,14H2,1H3,(H,21,24). The van der Waals surface area contributed by atoms with Crippen LogP contribution in [0.1, 0.15) is 30.1 Å². The average molecular weight is 383 g/mol. The number of hydrogen-bond acceptors (Lipinski definition) is 5. The van der Waals surface area contributed by atoms with Crippen molar-refractivity contribution >= 4 is 23.2 Å². The van der Waals surface area contributed by atoms with Gasteiger partial charge in [0, 0.05) is 12.7 Å². The van der Waals surface area contributed by atoms with E-state index in [9.17, 15) is 9.59 Å². The highest BCUT2D eigenvalue weighted by Crippen LogP contribution is 2.28. The number of nitrogens with one attached hydrogen (secondary N) is 1. The van der Waals surface area contributed by atoms with Gasteiger partial charge in [-0.25, -0.2) is 9.48 Å². The molecule has 0 aliphatic carbocycles. The highest BCUT2D eigenvalue weighted by molar-refractivity contribution is 7.13. The first-order valence-electron chi connectivity index (χ1n) is 8.82. The number of hydrogen-bond donors (Lipinski definition) is 1. The molecule has 0 unspecified atom stereocenters. The second-order valence-corrected chi connectivity index (χ2v) is 6.88. The Hall–Kier alpha value is -2.93. The number of nitrogens with zero attached hydrogens (tertiary/aromatic N) is 2. The third-order valence-electron chi connectivity index (χ3n) is 3.90. The van der Waals surface area contributed by atoms with Crippen LogP contribution in [0.2, 0.25) is 0 Å². The molecule has 0 fully saturated rings. The molecule has 0 aliphatic heterocycles. The van der Waals surface area contributed by atoms with Crippen molar-refractivity contribution in [1.29, 1.82) is 0 Å². The monoisotopic (exact) mass is 383 g/mol. The van der Waals surface area contributed by atoms with Crippen LogP contribution in [0.25, 0.3) is 16.3 Å². The Morgan fingerprint density at radius 3 is 2.70 bits per heavy atom. The summed E-state index contributed by atoms with van der Waals surface area (Å²) in [4.78, 5) is 25.2. The quantitative estimate of drug-likeness (QED) is 0.476. The number of carbonyl (C=O) groups is 2. The minimum absolute atomic E-state index is 0.301.